The molecule has 0 aliphatic rings. The number of carbonyl (C=O) groups is 2. The largest absolute Gasteiger partial charge is 0.508 e. The normalized spacial score (nSPS) is 11.9. The van der Waals surface area contributed by atoms with E-state index in [1.165, 1.54) is 25.1 Å². The van der Waals surface area contributed by atoms with E-state index in [1.54, 1.807) is 6.92 Å². The fourth-order valence-electron chi connectivity index (χ4n) is 1.37. The first-order valence-corrected chi connectivity index (χ1v) is 5.55. The molecule has 0 aromatic heterocycles. The number of halogens is 1. The zero-order chi connectivity index (χ0) is 13.0. The van der Waals surface area contributed by atoms with Gasteiger partial charge in [0.15, 0.2) is 5.78 Å². The lowest BCUT2D eigenvalue weighted by Gasteiger charge is -2.12. The smallest absolute Gasteiger partial charge is 0.338 e. The number of hydrogen-bond donors (Lipinski definition) is 1. The predicted octanol–water partition coefficient (Wildman–Crippen LogP) is 2.44. The highest BCUT2D eigenvalue weighted by atomic mass is 35.5. The Morgan fingerprint density at radius 3 is 2.65 bits per heavy atom. The van der Waals surface area contributed by atoms with Gasteiger partial charge in [0.1, 0.15) is 11.1 Å². The van der Waals surface area contributed by atoms with E-state index in [1.807, 2.05) is 0 Å². The topological polar surface area (TPSA) is 63.6 Å². The minimum Gasteiger partial charge on any atom is -0.508 e. The van der Waals surface area contributed by atoms with Crippen LogP contribution in [0.4, 0.5) is 0 Å². The Morgan fingerprint density at radius 2 is 2.12 bits per heavy atom. The van der Waals surface area contributed by atoms with Gasteiger partial charge in [-0.15, -0.1) is 11.6 Å². The molecule has 0 fully saturated rings. The molecule has 5 heteroatoms. The maximum Gasteiger partial charge on any atom is 0.338 e. The maximum atomic E-state index is 11.6. The van der Waals surface area contributed by atoms with Crippen molar-refractivity contribution >= 4 is 23.4 Å². The van der Waals surface area contributed by atoms with Crippen molar-refractivity contribution in [3.63, 3.8) is 0 Å². The lowest BCUT2D eigenvalue weighted by Crippen LogP contribution is -2.12. The molecule has 0 aliphatic carbocycles. The molecule has 1 aromatic rings. The highest BCUT2D eigenvalue weighted by molar-refractivity contribution is 6.31. The molecule has 17 heavy (non-hydrogen) atoms. The van der Waals surface area contributed by atoms with E-state index in [0.29, 0.717) is 5.56 Å². The molecular formula is C12H13ClO4. The fourth-order valence-corrected chi connectivity index (χ4v) is 1.56. The Bertz CT molecular complexity index is 442. The molecule has 1 rings (SSSR count). The third-order valence-corrected chi connectivity index (χ3v) is 2.70. The first-order chi connectivity index (χ1) is 7.97. The summed E-state index contributed by atoms with van der Waals surface area (Å²) >= 11 is 5.90. The molecule has 0 amide bonds. The van der Waals surface area contributed by atoms with Crippen molar-refractivity contribution in [2.75, 3.05) is 6.61 Å². The number of Topliss-reactive ketones (excluding diaryl/α,β-unsaturated/α-hetero) is 1. The molecule has 1 aromatic carbocycles. The number of ketones is 1. The number of esters is 1. The van der Waals surface area contributed by atoms with Crippen LogP contribution in [0.15, 0.2) is 18.2 Å². The van der Waals surface area contributed by atoms with Gasteiger partial charge >= 0.3 is 5.97 Å². The van der Waals surface area contributed by atoms with E-state index in [2.05, 4.69) is 0 Å². The van der Waals surface area contributed by atoms with Crippen LogP contribution in [0.1, 0.15) is 35.1 Å². The van der Waals surface area contributed by atoms with Crippen molar-refractivity contribution in [2.24, 2.45) is 0 Å². The van der Waals surface area contributed by atoms with Crippen molar-refractivity contribution in [3.8, 4) is 5.75 Å². The highest BCUT2D eigenvalue weighted by Crippen LogP contribution is 2.28. The van der Waals surface area contributed by atoms with Gasteiger partial charge in [0.2, 0.25) is 0 Å². The molecule has 4 nitrogen and oxygen atoms in total. The Hall–Kier alpha value is -1.55. The van der Waals surface area contributed by atoms with E-state index in [-0.39, 0.29) is 23.7 Å². The molecule has 1 N–H and O–H groups in total. The SMILES string of the molecule is CCOC(=O)c1cc(O)ccc1C(Cl)C(C)=O. The molecule has 0 saturated heterocycles. The quantitative estimate of drug-likeness (QED) is 0.664. The van der Waals surface area contributed by atoms with Gasteiger partial charge in [-0.1, -0.05) is 6.07 Å². The predicted molar refractivity (Wildman–Crippen MR) is 63.3 cm³/mol. The number of alkyl halides is 1. The van der Waals surface area contributed by atoms with Gasteiger partial charge in [-0.3, -0.25) is 4.79 Å². The van der Waals surface area contributed by atoms with Crippen molar-refractivity contribution in [1.29, 1.82) is 0 Å². The Balaban J connectivity index is 3.21. The first-order valence-electron chi connectivity index (χ1n) is 5.12. The number of rotatable bonds is 4. The lowest BCUT2D eigenvalue weighted by molar-refractivity contribution is -0.116. The van der Waals surface area contributed by atoms with Crippen LogP contribution < -0.4 is 0 Å². The maximum absolute atomic E-state index is 11.6. The molecule has 1 unspecified atom stereocenters. The van der Waals surface area contributed by atoms with Crippen LogP contribution in [0.25, 0.3) is 0 Å². The number of benzene rings is 1. The standard InChI is InChI=1S/C12H13ClO4/c1-3-17-12(16)10-6-8(15)4-5-9(10)11(13)7(2)14/h4-6,11,15H,3H2,1-2H3. The second kappa shape index (κ2) is 5.68. The minimum absolute atomic E-state index is 0.0794. The second-order valence-corrected chi connectivity index (χ2v) is 3.90. The van der Waals surface area contributed by atoms with Crippen molar-refractivity contribution < 1.29 is 19.4 Å². The summed E-state index contributed by atoms with van der Waals surface area (Å²) in [5.74, 6) is -0.961. The fraction of sp³-hybridized carbons (Fsp3) is 0.333. The number of ether oxygens (including phenoxy) is 1. The number of carbonyl (C=O) groups excluding carboxylic acids is 2. The number of aromatic hydroxyl groups is 1. The summed E-state index contributed by atoms with van der Waals surface area (Å²) in [4.78, 5) is 22.9. The molecular weight excluding hydrogens is 244 g/mol. The molecule has 0 bridgehead atoms. The summed E-state index contributed by atoms with van der Waals surface area (Å²) in [6.45, 7) is 3.21. The summed E-state index contributed by atoms with van der Waals surface area (Å²) in [6, 6.07) is 4.06. The summed E-state index contributed by atoms with van der Waals surface area (Å²) < 4.78 is 4.83. The average Bonchev–Trinajstić information content (AvgIpc) is 2.28. The number of phenols is 1. The van der Waals surface area contributed by atoms with Gasteiger partial charge in [0, 0.05) is 0 Å². The second-order valence-electron chi connectivity index (χ2n) is 3.47. The van der Waals surface area contributed by atoms with Crippen LogP contribution in [0.3, 0.4) is 0 Å². The van der Waals surface area contributed by atoms with E-state index in [4.69, 9.17) is 16.3 Å². The zero-order valence-corrected chi connectivity index (χ0v) is 10.3. The Labute approximate surface area is 104 Å². The molecule has 0 radical (unpaired) electrons. The molecule has 92 valence electrons. The molecule has 0 spiro atoms. The first kappa shape index (κ1) is 13.5. The van der Waals surface area contributed by atoms with Crippen molar-refractivity contribution in [1.82, 2.24) is 0 Å². The van der Waals surface area contributed by atoms with E-state index >= 15 is 0 Å². The van der Waals surface area contributed by atoms with Gasteiger partial charge in [0.05, 0.1) is 12.2 Å². The summed E-state index contributed by atoms with van der Waals surface area (Å²) in [5, 5.41) is 8.42. The Morgan fingerprint density at radius 1 is 1.47 bits per heavy atom. The number of phenolic OH excluding ortho intramolecular Hbond substituents is 1. The summed E-state index contributed by atoms with van der Waals surface area (Å²) in [6.07, 6.45) is 0. The number of hydrogen-bond acceptors (Lipinski definition) is 4. The van der Waals surface area contributed by atoms with Crippen LogP contribution >= 0.6 is 11.6 Å². The van der Waals surface area contributed by atoms with Gasteiger partial charge in [-0.05, 0) is 31.5 Å². The summed E-state index contributed by atoms with van der Waals surface area (Å²) in [7, 11) is 0. The van der Waals surface area contributed by atoms with E-state index in [0.717, 1.165) is 0 Å². The lowest BCUT2D eigenvalue weighted by atomic mass is 10.0. The molecule has 0 heterocycles. The summed E-state index contributed by atoms with van der Waals surface area (Å²) in [5.41, 5.74) is 0.456. The average molecular weight is 257 g/mol. The van der Waals surface area contributed by atoms with E-state index < -0.39 is 11.3 Å². The third-order valence-electron chi connectivity index (χ3n) is 2.16. The molecule has 1 atom stereocenters. The molecule has 0 aliphatic heterocycles. The van der Waals surface area contributed by atoms with E-state index in [9.17, 15) is 14.7 Å². The van der Waals surface area contributed by atoms with Gasteiger partial charge < -0.3 is 9.84 Å². The Kier molecular flexibility index (Phi) is 4.52. The van der Waals surface area contributed by atoms with Gasteiger partial charge in [0.25, 0.3) is 0 Å². The van der Waals surface area contributed by atoms with Crippen molar-refractivity contribution in [3.05, 3.63) is 29.3 Å². The zero-order valence-electron chi connectivity index (χ0n) is 9.57. The monoisotopic (exact) mass is 256 g/mol. The van der Waals surface area contributed by atoms with Crippen LogP contribution in [0, 0.1) is 0 Å². The minimum atomic E-state index is -0.921. The van der Waals surface area contributed by atoms with Crippen molar-refractivity contribution in [2.45, 2.75) is 19.2 Å². The van der Waals surface area contributed by atoms with Gasteiger partial charge in [-0.2, -0.15) is 0 Å². The highest BCUT2D eigenvalue weighted by Gasteiger charge is 2.22. The van der Waals surface area contributed by atoms with Crippen LogP contribution in [0.5, 0.6) is 5.75 Å². The van der Waals surface area contributed by atoms with Crippen LogP contribution in [-0.4, -0.2) is 23.5 Å². The van der Waals surface area contributed by atoms with Gasteiger partial charge in [-0.25, -0.2) is 4.79 Å². The molecule has 0 saturated carbocycles. The van der Waals surface area contributed by atoms with Crippen LogP contribution in [0.2, 0.25) is 0 Å². The third kappa shape index (κ3) is 3.20. The van der Waals surface area contributed by atoms with Crippen LogP contribution in [-0.2, 0) is 9.53 Å².